The maximum atomic E-state index is 14.3. The molecule has 0 N–H and O–H groups in total. The van der Waals surface area contributed by atoms with Gasteiger partial charge in [0.15, 0.2) is 0 Å². The van der Waals surface area contributed by atoms with Crippen LogP contribution in [0.1, 0.15) is 29.7 Å². The lowest BCUT2D eigenvalue weighted by Gasteiger charge is -2.12. The standard InChI is InChI=1S/C25H23FN2O/c1-16-7-9-19(22(26)13-16)17-11-12-28(25(29)14-17)18-8-10-21-20-5-3-4-6-23(20)27(2)24(21)15-18/h7-15H,3-6H2,1-2H3. The van der Waals surface area contributed by atoms with Crippen LogP contribution < -0.4 is 5.56 Å². The molecular formula is C25H23FN2O. The zero-order valence-electron chi connectivity index (χ0n) is 16.7. The molecule has 0 atom stereocenters. The second kappa shape index (κ2) is 6.73. The van der Waals surface area contributed by atoms with Crippen LogP contribution in [0.2, 0.25) is 0 Å². The fourth-order valence-electron chi connectivity index (χ4n) is 4.61. The molecule has 1 aliphatic rings. The van der Waals surface area contributed by atoms with Crippen molar-refractivity contribution >= 4 is 10.9 Å². The first-order chi connectivity index (χ1) is 14.0. The number of hydrogen-bond acceptors (Lipinski definition) is 1. The second-order valence-corrected chi connectivity index (χ2v) is 8.00. The average Bonchev–Trinajstić information content (AvgIpc) is 3.00. The molecule has 146 valence electrons. The third-order valence-electron chi connectivity index (χ3n) is 6.14. The lowest BCUT2D eigenvalue weighted by molar-refractivity contribution is 0.630. The van der Waals surface area contributed by atoms with Crippen molar-refractivity contribution in [1.82, 2.24) is 9.13 Å². The van der Waals surface area contributed by atoms with E-state index in [0.717, 1.165) is 29.6 Å². The molecule has 0 saturated heterocycles. The quantitative estimate of drug-likeness (QED) is 0.458. The Morgan fingerprint density at radius 1 is 0.966 bits per heavy atom. The van der Waals surface area contributed by atoms with Crippen molar-refractivity contribution in [3.63, 3.8) is 0 Å². The van der Waals surface area contributed by atoms with Crippen molar-refractivity contribution < 1.29 is 4.39 Å². The highest BCUT2D eigenvalue weighted by molar-refractivity contribution is 5.87. The van der Waals surface area contributed by atoms with Gasteiger partial charge in [-0.3, -0.25) is 9.36 Å². The van der Waals surface area contributed by atoms with Gasteiger partial charge in [-0.1, -0.05) is 18.2 Å². The minimum Gasteiger partial charge on any atom is -0.347 e. The van der Waals surface area contributed by atoms with Crippen molar-refractivity contribution in [2.75, 3.05) is 0 Å². The van der Waals surface area contributed by atoms with Crippen LogP contribution in [0.5, 0.6) is 0 Å². The van der Waals surface area contributed by atoms with Gasteiger partial charge < -0.3 is 4.57 Å². The van der Waals surface area contributed by atoms with Gasteiger partial charge in [0, 0.05) is 36.0 Å². The molecule has 2 aromatic heterocycles. The Labute approximate surface area is 169 Å². The molecule has 0 fully saturated rings. The number of aromatic nitrogens is 2. The molecule has 5 rings (SSSR count). The Morgan fingerprint density at radius 2 is 1.79 bits per heavy atom. The molecule has 4 aromatic rings. The molecule has 0 aliphatic heterocycles. The molecule has 2 aromatic carbocycles. The van der Waals surface area contributed by atoms with Gasteiger partial charge in [0.2, 0.25) is 0 Å². The summed E-state index contributed by atoms with van der Waals surface area (Å²) in [7, 11) is 2.11. The maximum Gasteiger partial charge on any atom is 0.255 e. The van der Waals surface area contributed by atoms with Crippen LogP contribution in [-0.4, -0.2) is 9.13 Å². The number of aryl methyl sites for hydroxylation is 3. The van der Waals surface area contributed by atoms with E-state index in [1.165, 1.54) is 41.6 Å². The summed E-state index contributed by atoms with van der Waals surface area (Å²) in [6.07, 6.45) is 6.46. The van der Waals surface area contributed by atoms with Crippen LogP contribution in [0.25, 0.3) is 27.7 Å². The molecule has 1 aliphatic carbocycles. The molecule has 0 unspecified atom stereocenters. The fourth-order valence-corrected chi connectivity index (χ4v) is 4.61. The number of nitrogens with zero attached hydrogens (tertiary/aromatic N) is 2. The van der Waals surface area contributed by atoms with E-state index < -0.39 is 0 Å². The van der Waals surface area contributed by atoms with E-state index in [9.17, 15) is 9.18 Å². The van der Waals surface area contributed by atoms with E-state index in [1.54, 1.807) is 22.9 Å². The van der Waals surface area contributed by atoms with Gasteiger partial charge in [0.05, 0.1) is 11.2 Å². The molecule has 0 amide bonds. The fraction of sp³-hybridized carbons (Fsp3) is 0.240. The van der Waals surface area contributed by atoms with Gasteiger partial charge >= 0.3 is 0 Å². The number of hydrogen-bond donors (Lipinski definition) is 0. The van der Waals surface area contributed by atoms with Crippen LogP contribution in [0.4, 0.5) is 4.39 Å². The van der Waals surface area contributed by atoms with Crippen LogP contribution in [0, 0.1) is 12.7 Å². The number of fused-ring (bicyclic) bond motifs is 3. The third-order valence-corrected chi connectivity index (χ3v) is 6.14. The van der Waals surface area contributed by atoms with Gasteiger partial charge in [-0.2, -0.15) is 0 Å². The van der Waals surface area contributed by atoms with E-state index in [2.05, 4.69) is 23.7 Å². The molecule has 2 heterocycles. The Morgan fingerprint density at radius 3 is 2.59 bits per heavy atom. The lowest BCUT2D eigenvalue weighted by atomic mass is 9.95. The van der Waals surface area contributed by atoms with Crippen LogP contribution in [-0.2, 0) is 19.9 Å². The van der Waals surface area contributed by atoms with Gasteiger partial charge in [-0.25, -0.2) is 4.39 Å². The number of halogens is 1. The minimum absolute atomic E-state index is 0.166. The first-order valence-electron chi connectivity index (χ1n) is 10.1. The maximum absolute atomic E-state index is 14.3. The topological polar surface area (TPSA) is 26.9 Å². The van der Waals surface area contributed by atoms with E-state index in [0.29, 0.717) is 11.1 Å². The van der Waals surface area contributed by atoms with E-state index >= 15 is 0 Å². The molecule has 4 heteroatoms. The monoisotopic (exact) mass is 386 g/mol. The predicted octanol–water partition coefficient (Wildman–Crippen LogP) is 5.32. The molecule has 0 saturated carbocycles. The van der Waals surface area contributed by atoms with Crippen molar-refractivity contribution in [3.05, 3.63) is 87.7 Å². The summed E-state index contributed by atoms with van der Waals surface area (Å²) in [6.45, 7) is 1.85. The highest BCUT2D eigenvalue weighted by Gasteiger charge is 2.18. The minimum atomic E-state index is -0.307. The number of pyridine rings is 1. The SMILES string of the molecule is Cc1ccc(-c2ccn(-c3ccc4c5c(n(C)c4c3)CCCC5)c(=O)c2)c(F)c1. The molecule has 29 heavy (non-hydrogen) atoms. The van der Waals surface area contributed by atoms with E-state index in [4.69, 9.17) is 0 Å². The van der Waals surface area contributed by atoms with Crippen molar-refractivity contribution in [1.29, 1.82) is 0 Å². The molecule has 0 radical (unpaired) electrons. The van der Waals surface area contributed by atoms with Crippen molar-refractivity contribution in [3.8, 4) is 16.8 Å². The molecule has 3 nitrogen and oxygen atoms in total. The summed E-state index contributed by atoms with van der Waals surface area (Å²) in [4.78, 5) is 12.8. The average molecular weight is 386 g/mol. The highest BCUT2D eigenvalue weighted by atomic mass is 19.1. The summed E-state index contributed by atoms with van der Waals surface area (Å²) >= 11 is 0. The Balaban J connectivity index is 1.60. The normalized spacial score (nSPS) is 13.6. The Bertz CT molecular complexity index is 1310. The Hall–Kier alpha value is -3.14. The third kappa shape index (κ3) is 2.91. The summed E-state index contributed by atoms with van der Waals surface area (Å²) in [6, 6.07) is 14.6. The predicted molar refractivity (Wildman–Crippen MR) is 115 cm³/mol. The highest BCUT2D eigenvalue weighted by Crippen LogP contribution is 2.32. The van der Waals surface area contributed by atoms with Crippen LogP contribution in [0.3, 0.4) is 0 Å². The summed E-state index contributed by atoms with van der Waals surface area (Å²) in [5, 5.41) is 1.29. The Kier molecular flexibility index (Phi) is 4.16. The zero-order valence-corrected chi connectivity index (χ0v) is 16.7. The van der Waals surface area contributed by atoms with Crippen LogP contribution >= 0.6 is 0 Å². The van der Waals surface area contributed by atoms with E-state index in [-0.39, 0.29) is 11.4 Å². The summed E-state index contributed by atoms with van der Waals surface area (Å²) in [5.41, 5.74) is 6.61. The molecular weight excluding hydrogens is 363 g/mol. The smallest absolute Gasteiger partial charge is 0.255 e. The van der Waals surface area contributed by atoms with Crippen molar-refractivity contribution in [2.24, 2.45) is 7.05 Å². The largest absolute Gasteiger partial charge is 0.347 e. The lowest BCUT2D eigenvalue weighted by Crippen LogP contribution is -2.16. The van der Waals surface area contributed by atoms with Crippen molar-refractivity contribution in [2.45, 2.75) is 32.6 Å². The van der Waals surface area contributed by atoms with Gasteiger partial charge in [0.25, 0.3) is 5.56 Å². The molecule has 0 spiro atoms. The van der Waals surface area contributed by atoms with Crippen LogP contribution in [0.15, 0.2) is 59.5 Å². The first-order valence-corrected chi connectivity index (χ1v) is 10.1. The van der Waals surface area contributed by atoms with Gasteiger partial charge in [-0.15, -0.1) is 0 Å². The number of rotatable bonds is 2. The summed E-state index contributed by atoms with van der Waals surface area (Å²) < 4.78 is 18.2. The number of benzene rings is 2. The molecule has 0 bridgehead atoms. The van der Waals surface area contributed by atoms with Gasteiger partial charge in [-0.05, 0) is 73.6 Å². The zero-order chi connectivity index (χ0) is 20.1. The second-order valence-electron chi connectivity index (χ2n) is 8.00. The van der Waals surface area contributed by atoms with E-state index in [1.807, 2.05) is 19.1 Å². The first kappa shape index (κ1) is 17.9. The van der Waals surface area contributed by atoms with Gasteiger partial charge in [0.1, 0.15) is 5.82 Å². The summed E-state index contributed by atoms with van der Waals surface area (Å²) in [5.74, 6) is -0.307.